The summed E-state index contributed by atoms with van der Waals surface area (Å²) in [5.41, 5.74) is 9.82. The molecule has 21 heavy (non-hydrogen) atoms. The molecule has 1 aromatic carbocycles. The van der Waals surface area contributed by atoms with Gasteiger partial charge in [-0.15, -0.1) is 0 Å². The molecular formula is C14H12BrN3O3. The number of carbonyl (C=O) groups excluding carboxylic acids is 2. The number of methoxy groups -OCH3 is 1. The standard InChI is InChI=1S/C14H12BrN3O3/c1-21-14(20)12(17-16)13(19)18-8-9(6-7-15)10-4-2-3-5-11(10)18/h2-5,8H,6-7H2,1H3. The van der Waals surface area contributed by atoms with E-state index in [0.29, 0.717) is 5.52 Å². The highest BCUT2D eigenvalue weighted by Gasteiger charge is 2.33. The normalized spacial score (nSPS) is 10.2. The summed E-state index contributed by atoms with van der Waals surface area (Å²) in [6.45, 7) is 0. The zero-order valence-electron chi connectivity index (χ0n) is 11.2. The predicted molar refractivity (Wildman–Crippen MR) is 80.7 cm³/mol. The smallest absolute Gasteiger partial charge is 0.460 e. The minimum Gasteiger partial charge on any atom is -0.460 e. The number of hydrogen-bond acceptors (Lipinski definition) is 3. The van der Waals surface area contributed by atoms with Crippen LogP contribution in [0.3, 0.4) is 0 Å². The Morgan fingerprint density at radius 3 is 2.71 bits per heavy atom. The second kappa shape index (κ2) is 6.47. The Balaban J connectivity index is 2.59. The second-order valence-corrected chi connectivity index (χ2v) is 5.02. The molecule has 0 bridgehead atoms. The molecule has 2 rings (SSSR count). The number of halogens is 1. The van der Waals surface area contributed by atoms with Gasteiger partial charge in [-0.2, -0.15) is 4.79 Å². The van der Waals surface area contributed by atoms with Gasteiger partial charge in [0.25, 0.3) is 0 Å². The Labute approximate surface area is 129 Å². The summed E-state index contributed by atoms with van der Waals surface area (Å²) in [5, 5.41) is 1.65. The topological polar surface area (TPSA) is 84.7 Å². The van der Waals surface area contributed by atoms with E-state index in [-0.39, 0.29) is 0 Å². The van der Waals surface area contributed by atoms with Gasteiger partial charge in [-0.05, 0) is 18.1 Å². The molecule has 1 heterocycles. The molecule has 108 valence electrons. The molecule has 0 atom stereocenters. The number of fused-ring (bicyclic) bond motifs is 1. The maximum atomic E-state index is 12.4. The van der Waals surface area contributed by atoms with E-state index in [9.17, 15) is 9.59 Å². The van der Waals surface area contributed by atoms with Crippen molar-refractivity contribution in [3.8, 4) is 0 Å². The largest absolute Gasteiger partial charge is 0.463 e. The third kappa shape index (κ3) is 2.79. The summed E-state index contributed by atoms with van der Waals surface area (Å²) >= 11 is 3.36. The summed E-state index contributed by atoms with van der Waals surface area (Å²) in [6.07, 6.45) is 2.37. The number of benzene rings is 1. The Bertz CT molecular complexity index is 760. The van der Waals surface area contributed by atoms with Crippen molar-refractivity contribution in [3.63, 3.8) is 0 Å². The van der Waals surface area contributed by atoms with Crippen LogP contribution in [-0.2, 0) is 16.0 Å². The van der Waals surface area contributed by atoms with Crippen molar-refractivity contribution >= 4 is 44.4 Å². The number of rotatable bonds is 4. The number of hydrogen-bond donors (Lipinski definition) is 0. The summed E-state index contributed by atoms with van der Waals surface area (Å²) < 4.78 is 5.73. The van der Waals surface area contributed by atoms with Crippen LogP contribution in [0.25, 0.3) is 16.4 Å². The fourth-order valence-electron chi connectivity index (χ4n) is 2.10. The van der Waals surface area contributed by atoms with Gasteiger partial charge in [-0.25, -0.2) is 4.79 Å². The van der Waals surface area contributed by atoms with Crippen LogP contribution in [0, 0.1) is 0 Å². The molecule has 7 heteroatoms. The monoisotopic (exact) mass is 349 g/mol. The minimum atomic E-state index is -0.984. The van der Waals surface area contributed by atoms with Crippen LogP contribution >= 0.6 is 15.9 Å². The quantitative estimate of drug-likeness (QED) is 0.211. The molecule has 0 fully saturated rings. The number of aromatic nitrogens is 1. The van der Waals surface area contributed by atoms with E-state index in [0.717, 1.165) is 29.8 Å². The van der Waals surface area contributed by atoms with Gasteiger partial charge < -0.3 is 10.3 Å². The van der Waals surface area contributed by atoms with Crippen LogP contribution in [-0.4, -0.2) is 39.4 Å². The van der Waals surface area contributed by atoms with E-state index in [1.54, 1.807) is 18.3 Å². The first-order chi connectivity index (χ1) is 10.1. The van der Waals surface area contributed by atoms with Crippen molar-refractivity contribution < 1.29 is 19.1 Å². The van der Waals surface area contributed by atoms with Gasteiger partial charge in [-0.3, -0.25) is 9.36 Å². The van der Waals surface area contributed by atoms with Gasteiger partial charge in [0, 0.05) is 16.9 Å². The lowest BCUT2D eigenvalue weighted by Crippen LogP contribution is -2.30. The van der Waals surface area contributed by atoms with E-state index in [2.05, 4.69) is 25.5 Å². The summed E-state index contributed by atoms with van der Waals surface area (Å²) in [6, 6.07) is 7.32. The number of ether oxygens (including phenoxy) is 1. The molecule has 1 aromatic heterocycles. The summed E-state index contributed by atoms with van der Waals surface area (Å²) in [4.78, 5) is 26.6. The zero-order valence-corrected chi connectivity index (χ0v) is 12.8. The molecule has 0 aliphatic heterocycles. The Kier molecular flexibility index (Phi) is 4.67. The Morgan fingerprint density at radius 1 is 1.38 bits per heavy atom. The molecule has 0 radical (unpaired) electrons. The Hall–Kier alpha value is -2.24. The third-order valence-electron chi connectivity index (χ3n) is 3.06. The van der Waals surface area contributed by atoms with E-state index in [4.69, 9.17) is 5.53 Å². The molecular weight excluding hydrogens is 338 g/mol. The number of carbonyl (C=O) groups is 2. The first-order valence-corrected chi connectivity index (χ1v) is 7.26. The Morgan fingerprint density at radius 2 is 2.10 bits per heavy atom. The molecule has 0 saturated carbocycles. The van der Waals surface area contributed by atoms with E-state index >= 15 is 0 Å². The number of aryl methyl sites for hydroxylation is 1. The highest BCUT2D eigenvalue weighted by Crippen LogP contribution is 2.22. The van der Waals surface area contributed by atoms with Crippen LogP contribution in [0.2, 0.25) is 0 Å². The lowest BCUT2D eigenvalue weighted by molar-refractivity contribution is -0.137. The van der Waals surface area contributed by atoms with Crippen LogP contribution in [0.4, 0.5) is 0 Å². The lowest BCUT2D eigenvalue weighted by Gasteiger charge is -1.99. The van der Waals surface area contributed by atoms with Crippen molar-refractivity contribution in [2.75, 3.05) is 12.4 Å². The van der Waals surface area contributed by atoms with Crippen molar-refractivity contribution in [3.05, 3.63) is 41.6 Å². The predicted octanol–water partition coefficient (Wildman–Crippen LogP) is 2.06. The number of nitrogens with zero attached hydrogens (tertiary/aromatic N) is 3. The van der Waals surface area contributed by atoms with E-state index < -0.39 is 17.6 Å². The molecule has 0 aliphatic carbocycles. The molecule has 0 saturated heterocycles. The maximum Gasteiger partial charge on any atom is 0.463 e. The van der Waals surface area contributed by atoms with E-state index in [1.165, 1.54) is 4.57 Å². The fraction of sp³-hybridized carbons (Fsp3) is 0.214. The van der Waals surface area contributed by atoms with Crippen LogP contribution in [0.5, 0.6) is 0 Å². The van der Waals surface area contributed by atoms with Gasteiger partial charge in [0.05, 0.1) is 12.6 Å². The van der Waals surface area contributed by atoms with Crippen molar-refractivity contribution in [1.82, 2.24) is 4.57 Å². The molecule has 0 aliphatic rings. The van der Waals surface area contributed by atoms with Gasteiger partial charge in [0.15, 0.2) is 0 Å². The zero-order chi connectivity index (χ0) is 15.4. The molecule has 0 unspecified atom stereocenters. The van der Waals surface area contributed by atoms with Crippen LogP contribution in [0.15, 0.2) is 30.5 Å². The van der Waals surface area contributed by atoms with Gasteiger partial charge in [0.2, 0.25) is 0 Å². The number of esters is 1. The second-order valence-electron chi connectivity index (χ2n) is 4.23. The van der Waals surface area contributed by atoms with Gasteiger partial charge >= 0.3 is 17.6 Å². The number of para-hydroxylation sites is 1. The summed E-state index contributed by atoms with van der Waals surface area (Å²) in [5.74, 6) is -1.72. The average molecular weight is 350 g/mol. The van der Waals surface area contributed by atoms with Crippen LogP contribution < -0.4 is 0 Å². The van der Waals surface area contributed by atoms with Gasteiger partial charge in [0.1, 0.15) is 0 Å². The van der Waals surface area contributed by atoms with Crippen molar-refractivity contribution in [2.24, 2.45) is 0 Å². The highest BCUT2D eigenvalue weighted by atomic mass is 79.9. The van der Waals surface area contributed by atoms with Crippen molar-refractivity contribution in [1.29, 1.82) is 0 Å². The van der Waals surface area contributed by atoms with Crippen molar-refractivity contribution in [2.45, 2.75) is 6.42 Å². The first-order valence-electron chi connectivity index (χ1n) is 6.14. The van der Waals surface area contributed by atoms with Crippen LogP contribution in [0.1, 0.15) is 10.4 Å². The van der Waals surface area contributed by atoms with E-state index in [1.807, 2.05) is 12.1 Å². The third-order valence-corrected chi connectivity index (χ3v) is 3.45. The van der Waals surface area contributed by atoms with Gasteiger partial charge in [-0.1, -0.05) is 34.1 Å². The molecule has 0 spiro atoms. The molecule has 0 amide bonds. The average Bonchev–Trinajstić information content (AvgIpc) is 2.87. The minimum absolute atomic E-state index is 0.642. The SMILES string of the molecule is COC(=O)C(=[N+]=[N-])C(=O)n1cc(CCBr)c2ccccc21. The maximum absolute atomic E-state index is 12.4. The fourth-order valence-corrected chi connectivity index (χ4v) is 2.53. The number of alkyl halides is 1. The molecule has 2 aromatic rings. The molecule has 0 N–H and O–H groups in total. The lowest BCUT2D eigenvalue weighted by atomic mass is 10.1. The molecule has 6 nitrogen and oxygen atoms in total. The summed E-state index contributed by atoms with van der Waals surface area (Å²) in [7, 11) is 1.12. The first kappa shape index (κ1) is 15.2. The highest BCUT2D eigenvalue weighted by molar-refractivity contribution is 9.09.